The van der Waals surface area contributed by atoms with Crippen molar-refractivity contribution in [2.24, 2.45) is 0 Å². The van der Waals surface area contributed by atoms with E-state index in [1.54, 1.807) is 25.1 Å². The number of hydrogen-bond acceptors (Lipinski definition) is 6. The number of para-hydroxylation sites is 1. The topological polar surface area (TPSA) is 99.0 Å². The lowest BCUT2D eigenvalue weighted by Crippen LogP contribution is -2.37. The standard InChI is InChI=1S/C20H19ClFN5O2/c1-20(11-28,13-5-3-6-14(21)17(13)22)26-19-24-15-7-2-4-12(18(15)25-19)10-23-16-8-9-29-27-16/h2-9,28H,10-11H2,1H3,(H,23,27)(H2,24,25,26). The van der Waals surface area contributed by atoms with Crippen molar-refractivity contribution in [2.45, 2.75) is 19.0 Å². The van der Waals surface area contributed by atoms with Crippen molar-refractivity contribution >= 4 is 34.4 Å². The molecule has 0 saturated carbocycles. The van der Waals surface area contributed by atoms with Crippen molar-refractivity contribution in [3.8, 4) is 0 Å². The van der Waals surface area contributed by atoms with Gasteiger partial charge in [-0.1, -0.05) is 41.0 Å². The molecule has 0 saturated heterocycles. The third-order valence-corrected chi connectivity index (χ3v) is 5.04. The van der Waals surface area contributed by atoms with E-state index in [4.69, 9.17) is 16.1 Å². The predicted octanol–water partition coefficient (Wildman–Crippen LogP) is 4.28. The van der Waals surface area contributed by atoms with Gasteiger partial charge >= 0.3 is 0 Å². The summed E-state index contributed by atoms with van der Waals surface area (Å²) in [4.78, 5) is 7.78. The van der Waals surface area contributed by atoms with Crippen LogP contribution in [-0.2, 0) is 12.1 Å². The van der Waals surface area contributed by atoms with Gasteiger partial charge in [-0.2, -0.15) is 0 Å². The van der Waals surface area contributed by atoms with E-state index < -0.39 is 11.4 Å². The van der Waals surface area contributed by atoms with Gasteiger partial charge in [0.25, 0.3) is 0 Å². The first-order valence-electron chi connectivity index (χ1n) is 8.95. The minimum Gasteiger partial charge on any atom is -0.394 e. The first kappa shape index (κ1) is 19.2. The lowest BCUT2D eigenvalue weighted by molar-refractivity contribution is 0.220. The van der Waals surface area contributed by atoms with Crippen LogP contribution in [0.2, 0.25) is 5.02 Å². The molecule has 2 heterocycles. The molecule has 4 N–H and O–H groups in total. The number of aliphatic hydroxyl groups excluding tert-OH is 1. The van der Waals surface area contributed by atoms with Crippen LogP contribution in [0.3, 0.4) is 0 Å². The van der Waals surface area contributed by atoms with E-state index in [-0.39, 0.29) is 17.2 Å². The Morgan fingerprint density at radius 1 is 1.24 bits per heavy atom. The normalized spacial score (nSPS) is 13.4. The molecular formula is C20H19ClFN5O2. The SMILES string of the molecule is CC(CO)(Nc1nc2c(CNc3ccon3)cccc2[nH]1)c1cccc(Cl)c1F. The van der Waals surface area contributed by atoms with E-state index in [2.05, 4.69) is 25.8 Å². The summed E-state index contributed by atoms with van der Waals surface area (Å²) in [6, 6.07) is 12.2. The van der Waals surface area contributed by atoms with Crippen LogP contribution in [0.1, 0.15) is 18.1 Å². The molecule has 2 aromatic carbocycles. The van der Waals surface area contributed by atoms with Crippen LogP contribution in [0.5, 0.6) is 0 Å². The van der Waals surface area contributed by atoms with Crippen LogP contribution in [0.4, 0.5) is 16.2 Å². The lowest BCUT2D eigenvalue weighted by Gasteiger charge is -2.29. The summed E-state index contributed by atoms with van der Waals surface area (Å²) >= 11 is 5.92. The number of halogens is 2. The quantitative estimate of drug-likeness (QED) is 0.359. The molecule has 0 aliphatic rings. The molecule has 0 aliphatic carbocycles. The maximum atomic E-state index is 14.6. The maximum Gasteiger partial charge on any atom is 0.201 e. The number of aliphatic hydroxyl groups is 1. The van der Waals surface area contributed by atoms with Crippen LogP contribution in [0.25, 0.3) is 11.0 Å². The van der Waals surface area contributed by atoms with Crippen molar-refractivity contribution in [1.82, 2.24) is 15.1 Å². The second kappa shape index (κ2) is 7.73. The van der Waals surface area contributed by atoms with Crippen LogP contribution >= 0.6 is 11.6 Å². The first-order chi connectivity index (χ1) is 14.0. The molecule has 1 unspecified atom stereocenters. The lowest BCUT2D eigenvalue weighted by atomic mass is 9.92. The Labute approximate surface area is 170 Å². The van der Waals surface area contributed by atoms with Crippen LogP contribution < -0.4 is 10.6 Å². The minimum atomic E-state index is -1.12. The van der Waals surface area contributed by atoms with Crippen LogP contribution in [-0.4, -0.2) is 26.8 Å². The van der Waals surface area contributed by atoms with E-state index in [0.29, 0.717) is 18.3 Å². The van der Waals surface area contributed by atoms with Crippen molar-refractivity contribution in [3.05, 3.63) is 70.7 Å². The molecule has 150 valence electrons. The number of aromatic nitrogens is 3. The monoisotopic (exact) mass is 415 g/mol. The summed E-state index contributed by atoms with van der Waals surface area (Å²) in [6.45, 7) is 1.82. The van der Waals surface area contributed by atoms with Gasteiger partial charge in [0.15, 0.2) is 5.82 Å². The number of rotatable bonds is 7. The molecule has 0 radical (unpaired) electrons. The first-order valence-corrected chi connectivity index (χ1v) is 9.33. The molecule has 2 aromatic heterocycles. The van der Waals surface area contributed by atoms with E-state index >= 15 is 0 Å². The zero-order valence-corrected chi connectivity index (χ0v) is 16.3. The fourth-order valence-electron chi connectivity index (χ4n) is 3.17. The Morgan fingerprint density at radius 2 is 2.07 bits per heavy atom. The van der Waals surface area contributed by atoms with Crippen LogP contribution in [0, 0.1) is 5.82 Å². The Bertz CT molecular complexity index is 1130. The summed E-state index contributed by atoms with van der Waals surface area (Å²) in [6.07, 6.45) is 1.49. The average Bonchev–Trinajstić information content (AvgIpc) is 3.37. The van der Waals surface area contributed by atoms with Gasteiger partial charge in [-0.3, -0.25) is 0 Å². The molecular weight excluding hydrogens is 397 g/mol. The molecule has 1 atom stereocenters. The zero-order valence-electron chi connectivity index (χ0n) is 15.5. The highest BCUT2D eigenvalue weighted by Crippen LogP contribution is 2.31. The van der Waals surface area contributed by atoms with Gasteiger partial charge in [0.2, 0.25) is 5.95 Å². The number of nitrogens with zero attached hydrogens (tertiary/aromatic N) is 2. The number of nitrogens with one attached hydrogen (secondary N) is 3. The van der Waals surface area contributed by atoms with Crippen molar-refractivity contribution in [3.63, 3.8) is 0 Å². The number of hydrogen-bond donors (Lipinski definition) is 4. The summed E-state index contributed by atoms with van der Waals surface area (Å²) in [5.74, 6) is 0.455. The molecule has 0 bridgehead atoms. The molecule has 4 aromatic rings. The van der Waals surface area contributed by atoms with Gasteiger partial charge in [0.05, 0.1) is 28.2 Å². The number of benzene rings is 2. The van der Waals surface area contributed by atoms with Gasteiger partial charge in [0.1, 0.15) is 12.1 Å². The Kier molecular flexibility index (Phi) is 5.12. The summed E-state index contributed by atoms with van der Waals surface area (Å²) in [5.41, 5.74) is 1.62. The van der Waals surface area contributed by atoms with E-state index in [1.165, 1.54) is 12.3 Å². The molecule has 9 heteroatoms. The highest BCUT2D eigenvalue weighted by Gasteiger charge is 2.31. The van der Waals surface area contributed by atoms with E-state index in [0.717, 1.165) is 16.6 Å². The Morgan fingerprint density at radius 3 is 2.83 bits per heavy atom. The molecule has 0 amide bonds. The average molecular weight is 416 g/mol. The largest absolute Gasteiger partial charge is 0.394 e. The smallest absolute Gasteiger partial charge is 0.201 e. The van der Waals surface area contributed by atoms with Gasteiger partial charge in [0, 0.05) is 18.2 Å². The highest BCUT2D eigenvalue weighted by molar-refractivity contribution is 6.30. The summed E-state index contributed by atoms with van der Waals surface area (Å²) in [7, 11) is 0. The van der Waals surface area contributed by atoms with Crippen LogP contribution in [0.15, 0.2) is 53.3 Å². The maximum absolute atomic E-state index is 14.6. The zero-order chi connectivity index (χ0) is 20.4. The van der Waals surface area contributed by atoms with Crippen molar-refractivity contribution in [2.75, 3.05) is 17.2 Å². The molecule has 0 fully saturated rings. The predicted molar refractivity (Wildman–Crippen MR) is 109 cm³/mol. The molecule has 0 aliphatic heterocycles. The number of aromatic amines is 1. The highest BCUT2D eigenvalue weighted by atomic mass is 35.5. The Balaban J connectivity index is 1.63. The fraction of sp³-hybridized carbons (Fsp3) is 0.200. The third kappa shape index (κ3) is 3.76. The van der Waals surface area contributed by atoms with Gasteiger partial charge in [-0.25, -0.2) is 9.37 Å². The van der Waals surface area contributed by atoms with Gasteiger partial charge < -0.3 is 25.2 Å². The minimum absolute atomic E-state index is 0.00482. The molecule has 29 heavy (non-hydrogen) atoms. The van der Waals surface area contributed by atoms with Crippen molar-refractivity contribution < 1.29 is 14.0 Å². The third-order valence-electron chi connectivity index (χ3n) is 4.75. The van der Waals surface area contributed by atoms with E-state index in [9.17, 15) is 9.50 Å². The van der Waals surface area contributed by atoms with Gasteiger partial charge in [-0.15, -0.1) is 0 Å². The number of imidazole rings is 1. The summed E-state index contributed by atoms with van der Waals surface area (Å²) < 4.78 is 19.4. The second-order valence-electron chi connectivity index (χ2n) is 6.85. The van der Waals surface area contributed by atoms with Crippen molar-refractivity contribution in [1.29, 1.82) is 0 Å². The van der Waals surface area contributed by atoms with Gasteiger partial charge in [-0.05, 0) is 24.6 Å². The second-order valence-corrected chi connectivity index (χ2v) is 7.26. The molecule has 4 rings (SSSR count). The molecule has 0 spiro atoms. The molecule has 7 nitrogen and oxygen atoms in total. The summed E-state index contributed by atoms with van der Waals surface area (Å²) in [5, 5.41) is 20.1. The fourth-order valence-corrected chi connectivity index (χ4v) is 3.34. The Hall–Kier alpha value is -3.10. The number of anilines is 2. The number of fused-ring (bicyclic) bond motifs is 1. The van der Waals surface area contributed by atoms with E-state index in [1.807, 2.05) is 18.2 Å². The number of H-pyrrole nitrogens is 1.